The van der Waals surface area contributed by atoms with Gasteiger partial charge in [-0.2, -0.15) is 0 Å². The lowest BCUT2D eigenvalue weighted by molar-refractivity contribution is -0.165. The van der Waals surface area contributed by atoms with Gasteiger partial charge in [0, 0.05) is 6.04 Å². The summed E-state index contributed by atoms with van der Waals surface area (Å²) >= 11 is 0. The normalized spacial score (nSPS) is 15.7. The SMILES string of the molecule is C[C@@H](N)[C@@H](O)c1cccc(O)c1.O=C(O)[C@@H](O)[C@H](O)C(=O)O. The second kappa shape index (κ2) is 8.95. The van der Waals surface area contributed by atoms with E-state index >= 15 is 0 Å². The summed E-state index contributed by atoms with van der Waals surface area (Å²) in [5.74, 6) is -3.39. The molecule has 9 heteroatoms. The monoisotopic (exact) mass is 317 g/mol. The number of hydrogen-bond donors (Lipinski definition) is 7. The van der Waals surface area contributed by atoms with Gasteiger partial charge in [0.2, 0.25) is 0 Å². The second-order valence-corrected chi connectivity index (χ2v) is 4.47. The predicted octanol–water partition coefficient (Wildman–Crippen LogP) is -1.35. The maximum atomic E-state index is 9.77. The molecular formula is C13H19NO8. The third-order valence-corrected chi connectivity index (χ3v) is 2.51. The maximum absolute atomic E-state index is 9.77. The molecule has 0 bridgehead atoms. The Kier molecular flexibility index (Phi) is 8.05. The fraction of sp³-hybridized carbons (Fsp3) is 0.385. The molecule has 9 nitrogen and oxygen atoms in total. The minimum atomic E-state index is -2.27. The molecule has 0 saturated carbocycles. The molecule has 1 aromatic rings. The van der Waals surface area contributed by atoms with Crippen LogP contribution in [0.2, 0.25) is 0 Å². The van der Waals surface area contributed by atoms with Gasteiger partial charge in [0.15, 0.2) is 12.2 Å². The number of benzene rings is 1. The van der Waals surface area contributed by atoms with E-state index in [1.807, 2.05) is 0 Å². The number of carboxylic acid groups (broad SMARTS) is 2. The van der Waals surface area contributed by atoms with Crippen LogP contribution in [0.15, 0.2) is 24.3 Å². The van der Waals surface area contributed by atoms with Gasteiger partial charge in [0.1, 0.15) is 5.75 Å². The van der Waals surface area contributed by atoms with E-state index in [4.69, 9.17) is 31.3 Å². The summed E-state index contributed by atoms with van der Waals surface area (Å²) in [6.07, 6.45) is -5.24. The largest absolute Gasteiger partial charge is 0.508 e. The van der Waals surface area contributed by atoms with Crippen molar-refractivity contribution < 1.29 is 40.2 Å². The number of hydrogen-bond acceptors (Lipinski definition) is 7. The lowest BCUT2D eigenvalue weighted by atomic mass is 10.0. The van der Waals surface area contributed by atoms with Gasteiger partial charge < -0.3 is 36.4 Å². The van der Waals surface area contributed by atoms with Crippen molar-refractivity contribution in [3.63, 3.8) is 0 Å². The maximum Gasteiger partial charge on any atom is 0.335 e. The summed E-state index contributed by atoms with van der Waals surface area (Å²) in [5.41, 5.74) is 6.13. The number of aliphatic hydroxyl groups excluding tert-OH is 3. The summed E-state index contributed by atoms with van der Waals surface area (Å²) in [6.45, 7) is 1.72. The van der Waals surface area contributed by atoms with Gasteiger partial charge in [-0.05, 0) is 24.6 Å². The summed E-state index contributed by atoms with van der Waals surface area (Å²) in [6, 6.07) is 6.14. The number of aromatic hydroxyl groups is 1. The van der Waals surface area contributed by atoms with Crippen molar-refractivity contribution >= 4 is 11.9 Å². The number of carboxylic acids is 2. The summed E-state index contributed by atoms with van der Waals surface area (Å²) < 4.78 is 0. The van der Waals surface area contributed by atoms with Gasteiger partial charge in [-0.15, -0.1) is 0 Å². The van der Waals surface area contributed by atoms with Crippen LogP contribution in [-0.2, 0) is 9.59 Å². The Balaban J connectivity index is 0.000000409. The number of nitrogens with two attached hydrogens (primary N) is 1. The van der Waals surface area contributed by atoms with Crippen LogP contribution in [-0.4, -0.2) is 60.8 Å². The van der Waals surface area contributed by atoms with Gasteiger partial charge in [-0.1, -0.05) is 12.1 Å². The summed E-state index contributed by atoms with van der Waals surface area (Å²) in [7, 11) is 0. The number of carbonyl (C=O) groups is 2. The Morgan fingerprint density at radius 2 is 1.50 bits per heavy atom. The van der Waals surface area contributed by atoms with E-state index < -0.39 is 30.3 Å². The Morgan fingerprint density at radius 1 is 1.05 bits per heavy atom. The molecule has 0 aromatic heterocycles. The van der Waals surface area contributed by atoms with Gasteiger partial charge >= 0.3 is 11.9 Å². The smallest absolute Gasteiger partial charge is 0.335 e. The molecule has 0 aliphatic heterocycles. The molecule has 0 aliphatic rings. The zero-order valence-electron chi connectivity index (χ0n) is 11.7. The lowest BCUT2D eigenvalue weighted by Crippen LogP contribution is -2.39. The van der Waals surface area contributed by atoms with Crippen molar-refractivity contribution in [1.82, 2.24) is 0 Å². The van der Waals surface area contributed by atoms with E-state index in [9.17, 15) is 14.7 Å². The quantitative estimate of drug-likeness (QED) is 0.345. The molecular weight excluding hydrogens is 298 g/mol. The number of phenols is 1. The molecule has 0 radical (unpaired) electrons. The molecule has 0 spiro atoms. The van der Waals surface area contributed by atoms with Crippen LogP contribution in [0, 0.1) is 0 Å². The molecule has 0 aliphatic carbocycles. The third kappa shape index (κ3) is 6.50. The first-order chi connectivity index (χ1) is 10.1. The second-order valence-electron chi connectivity index (χ2n) is 4.47. The molecule has 8 N–H and O–H groups in total. The highest BCUT2D eigenvalue weighted by molar-refractivity contribution is 5.83. The van der Waals surface area contributed by atoms with Gasteiger partial charge in [0.05, 0.1) is 6.10 Å². The highest BCUT2D eigenvalue weighted by Gasteiger charge is 2.29. The molecule has 0 amide bonds. The fourth-order valence-electron chi connectivity index (χ4n) is 1.28. The van der Waals surface area contributed by atoms with E-state index in [0.717, 1.165) is 0 Å². The highest BCUT2D eigenvalue weighted by Crippen LogP contribution is 2.19. The van der Waals surface area contributed by atoms with Crippen molar-refractivity contribution in [2.75, 3.05) is 0 Å². The zero-order chi connectivity index (χ0) is 17.4. The van der Waals surface area contributed by atoms with Crippen LogP contribution in [0.3, 0.4) is 0 Å². The molecule has 1 rings (SSSR count). The Morgan fingerprint density at radius 3 is 1.82 bits per heavy atom. The number of phenolic OH excluding ortho intramolecular Hbond substituents is 1. The van der Waals surface area contributed by atoms with Crippen LogP contribution in [0.1, 0.15) is 18.6 Å². The molecule has 1 aromatic carbocycles. The molecule has 0 unspecified atom stereocenters. The van der Waals surface area contributed by atoms with Crippen LogP contribution < -0.4 is 5.73 Å². The molecule has 0 saturated heterocycles. The fourth-order valence-corrected chi connectivity index (χ4v) is 1.28. The van der Waals surface area contributed by atoms with Gasteiger partial charge in [-0.25, -0.2) is 9.59 Å². The van der Waals surface area contributed by atoms with E-state index in [1.165, 1.54) is 6.07 Å². The molecule has 0 heterocycles. The number of aliphatic hydroxyl groups is 3. The van der Waals surface area contributed by atoms with Gasteiger partial charge in [0.25, 0.3) is 0 Å². The topological polar surface area (TPSA) is 182 Å². The summed E-state index contributed by atoms with van der Waals surface area (Å²) in [5, 5.41) is 51.1. The molecule has 124 valence electrons. The molecule has 0 fully saturated rings. The highest BCUT2D eigenvalue weighted by atomic mass is 16.4. The van der Waals surface area contributed by atoms with Crippen molar-refractivity contribution in [3.8, 4) is 5.75 Å². The number of rotatable bonds is 5. The molecule has 4 atom stereocenters. The first-order valence-corrected chi connectivity index (χ1v) is 6.12. The Hall–Kier alpha value is -2.20. The summed E-state index contributed by atoms with van der Waals surface area (Å²) in [4.78, 5) is 19.5. The first kappa shape index (κ1) is 19.8. The van der Waals surface area contributed by atoms with E-state index in [1.54, 1.807) is 25.1 Å². The Bertz CT molecular complexity index is 487. The third-order valence-electron chi connectivity index (χ3n) is 2.51. The van der Waals surface area contributed by atoms with Crippen molar-refractivity contribution in [2.45, 2.75) is 31.3 Å². The standard InChI is InChI=1S/C9H13NO2.C4H6O6/c1-6(10)9(12)7-3-2-4-8(11)5-7;5-1(3(7)8)2(6)4(9)10/h2-6,9,11-12H,10H2,1H3;1-2,5-6H,(H,7,8)(H,9,10)/t6-,9-;1-,2-/m10/s1. The zero-order valence-corrected chi connectivity index (χ0v) is 11.7. The minimum absolute atomic E-state index is 0.146. The minimum Gasteiger partial charge on any atom is -0.508 e. The van der Waals surface area contributed by atoms with Crippen LogP contribution in [0.5, 0.6) is 5.75 Å². The van der Waals surface area contributed by atoms with Crippen molar-refractivity contribution in [1.29, 1.82) is 0 Å². The van der Waals surface area contributed by atoms with Crippen molar-refractivity contribution in [3.05, 3.63) is 29.8 Å². The van der Waals surface area contributed by atoms with E-state index in [0.29, 0.717) is 5.56 Å². The average molecular weight is 317 g/mol. The van der Waals surface area contributed by atoms with E-state index in [2.05, 4.69) is 0 Å². The lowest BCUT2D eigenvalue weighted by Gasteiger charge is -2.14. The first-order valence-electron chi connectivity index (χ1n) is 6.12. The average Bonchev–Trinajstić information content (AvgIpc) is 2.45. The molecule has 22 heavy (non-hydrogen) atoms. The van der Waals surface area contributed by atoms with Crippen LogP contribution in [0.4, 0.5) is 0 Å². The van der Waals surface area contributed by atoms with Gasteiger partial charge in [-0.3, -0.25) is 0 Å². The number of aliphatic carboxylic acids is 2. The predicted molar refractivity (Wildman–Crippen MR) is 74.0 cm³/mol. The van der Waals surface area contributed by atoms with E-state index in [-0.39, 0.29) is 11.8 Å². The Labute approximate surface area is 125 Å². The van der Waals surface area contributed by atoms with Crippen molar-refractivity contribution in [2.24, 2.45) is 5.73 Å². The van der Waals surface area contributed by atoms with Crippen LogP contribution >= 0.6 is 0 Å². The van der Waals surface area contributed by atoms with Crippen LogP contribution in [0.25, 0.3) is 0 Å².